The standard InChI is InChI=1S/C7H12O2S/c1-3-4-5-9-7(8)6(2)10/h4-6,10H,3H2,1-2H3. The van der Waals surface area contributed by atoms with E-state index in [2.05, 4.69) is 17.4 Å². The van der Waals surface area contributed by atoms with Crippen molar-refractivity contribution in [2.75, 3.05) is 0 Å². The van der Waals surface area contributed by atoms with Gasteiger partial charge in [-0.1, -0.05) is 6.92 Å². The van der Waals surface area contributed by atoms with Gasteiger partial charge in [-0.25, -0.2) is 0 Å². The number of hydrogen-bond acceptors (Lipinski definition) is 3. The zero-order valence-corrected chi connectivity index (χ0v) is 7.10. The summed E-state index contributed by atoms with van der Waals surface area (Å²) >= 11 is 3.89. The van der Waals surface area contributed by atoms with Crippen LogP contribution >= 0.6 is 12.6 Å². The molecule has 0 aromatic heterocycles. The average Bonchev–Trinajstić information content (AvgIpc) is 1.88. The lowest BCUT2D eigenvalue weighted by atomic mass is 10.5. The maximum absolute atomic E-state index is 10.7. The van der Waals surface area contributed by atoms with Crippen molar-refractivity contribution in [2.24, 2.45) is 0 Å². The highest BCUT2D eigenvalue weighted by atomic mass is 32.1. The van der Waals surface area contributed by atoms with E-state index in [0.29, 0.717) is 0 Å². The van der Waals surface area contributed by atoms with Crippen LogP contribution in [0.4, 0.5) is 0 Å². The molecule has 1 unspecified atom stereocenters. The maximum atomic E-state index is 10.7. The smallest absolute Gasteiger partial charge is 0.323 e. The van der Waals surface area contributed by atoms with E-state index in [0.717, 1.165) is 6.42 Å². The Morgan fingerprint density at radius 1 is 1.80 bits per heavy atom. The average molecular weight is 160 g/mol. The second-order valence-electron chi connectivity index (χ2n) is 1.89. The lowest BCUT2D eigenvalue weighted by Gasteiger charge is -1.99. The Morgan fingerprint density at radius 3 is 2.80 bits per heavy atom. The van der Waals surface area contributed by atoms with Gasteiger partial charge in [0.25, 0.3) is 0 Å². The number of rotatable bonds is 3. The molecular weight excluding hydrogens is 148 g/mol. The van der Waals surface area contributed by atoms with Gasteiger partial charge in [0.1, 0.15) is 0 Å². The minimum Gasteiger partial charge on any atom is -0.434 e. The lowest BCUT2D eigenvalue weighted by Crippen LogP contribution is -2.10. The van der Waals surface area contributed by atoms with E-state index in [9.17, 15) is 4.79 Å². The first kappa shape index (κ1) is 9.56. The van der Waals surface area contributed by atoms with E-state index in [1.807, 2.05) is 6.92 Å². The third kappa shape index (κ3) is 4.44. The highest BCUT2D eigenvalue weighted by molar-refractivity contribution is 7.81. The molecule has 58 valence electrons. The molecular formula is C7H12O2S. The number of allylic oxidation sites excluding steroid dienone is 1. The Hall–Kier alpha value is -0.440. The quantitative estimate of drug-likeness (QED) is 0.387. The maximum Gasteiger partial charge on any atom is 0.323 e. The molecule has 0 aliphatic heterocycles. The second kappa shape index (κ2) is 5.35. The zero-order valence-electron chi connectivity index (χ0n) is 6.20. The summed E-state index contributed by atoms with van der Waals surface area (Å²) in [6.07, 6.45) is 4.04. The van der Waals surface area contributed by atoms with E-state index in [-0.39, 0.29) is 11.2 Å². The van der Waals surface area contributed by atoms with Gasteiger partial charge in [-0.05, 0) is 19.4 Å². The molecule has 0 rings (SSSR count). The van der Waals surface area contributed by atoms with Gasteiger partial charge >= 0.3 is 5.97 Å². The van der Waals surface area contributed by atoms with Crippen molar-refractivity contribution in [1.82, 2.24) is 0 Å². The summed E-state index contributed by atoms with van der Waals surface area (Å²) in [5.74, 6) is -0.312. The van der Waals surface area contributed by atoms with Crippen LogP contribution in [0.3, 0.4) is 0 Å². The van der Waals surface area contributed by atoms with Gasteiger partial charge < -0.3 is 4.74 Å². The van der Waals surface area contributed by atoms with E-state index >= 15 is 0 Å². The van der Waals surface area contributed by atoms with Crippen molar-refractivity contribution in [3.8, 4) is 0 Å². The van der Waals surface area contributed by atoms with E-state index in [1.165, 1.54) is 6.26 Å². The normalized spacial score (nSPS) is 13.5. The van der Waals surface area contributed by atoms with Gasteiger partial charge in [-0.3, -0.25) is 4.79 Å². The first-order valence-corrected chi connectivity index (χ1v) is 3.73. The number of esters is 1. The molecule has 0 N–H and O–H groups in total. The van der Waals surface area contributed by atoms with Crippen LogP contribution in [0.2, 0.25) is 0 Å². The Kier molecular flexibility index (Phi) is 5.12. The molecule has 0 amide bonds. The van der Waals surface area contributed by atoms with E-state index in [4.69, 9.17) is 0 Å². The van der Waals surface area contributed by atoms with E-state index in [1.54, 1.807) is 13.0 Å². The summed E-state index contributed by atoms with van der Waals surface area (Å²) in [5, 5.41) is -0.346. The van der Waals surface area contributed by atoms with Crippen molar-refractivity contribution in [1.29, 1.82) is 0 Å². The summed E-state index contributed by atoms with van der Waals surface area (Å²) in [4.78, 5) is 10.7. The van der Waals surface area contributed by atoms with Crippen LogP contribution in [0.5, 0.6) is 0 Å². The molecule has 0 fully saturated rings. The number of ether oxygens (including phenoxy) is 1. The van der Waals surface area contributed by atoms with Crippen molar-refractivity contribution < 1.29 is 9.53 Å². The molecule has 0 radical (unpaired) electrons. The predicted octanol–water partition coefficient (Wildman–Crippen LogP) is 1.77. The molecule has 10 heavy (non-hydrogen) atoms. The van der Waals surface area contributed by atoms with Gasteiger partial charge in [0.15, 0.2) is 0 Å². The van der Waals surface area contributed by atoms with Crippen molar-refractivity contribution >= 4 is 18.6 Å². The van der Waals surface area contributed by atoms with Crippen LogP contribution in [0, 0.1) is 0 Å². The Balaban J connectivity index is 3.49. The van der Waals surface area contributed by atoms with Gasteiger partial charge in [-0.2, -0.15) is 12.6 Å². The second-order valence-corrected chi connectivity index (χ2v) is 2.67. The van der Waals surface area contributed by atoms with Crippen LogP contribution in [-0.4, -0.2) is 11.2 Å². The fourth-order valence-corrected chi connectivity index (χ4v) is 0.371. The van der Waals surface area contributed by atoms with Crippen molar-refractivity contribution in [2.45, 2.75) is 25.5 Å². The van der Waals surface area contributed by atoms with Crippen LogP contribution < -0.4 is 0 Å². The topological polar surface area (TPSA) is 26.3 Å². The molecule has 0 aliphatic carbocycles. The number of hydrogen-bond donors (Lipinski definition) is 1. The monoisotopic (exact) mass is 160 g/mol. The third-order valence-electron chi connectivity index (χ3n) is 0.857. The molecule has 2 nitrogen and oxygen atoms in total. The summed E-state index contributed by atoms with van der Waals surface area (Å²) < 4.78 is 4.65. The minimum atomic E-state index is -0.346. The largest absolute Gasteiger partial charge is 0.434 e. The highest BCUT2D eigenvalue weighted by Crippen LogP contribution is 1.96. The van der Waals surface area contributed by atoms with Gasteiger partial charge in [-0.15, -0.1) is 0 Å². The minimum absolute atomic E-state index is 0.312. The predicted molar refractivity (Wildman–Crippen MR) is 44.0 cm³/mol. The molecule has 0 bridgehead atoms. The summed E-state index contributed by atoms with van der Waals surface area (Å²) in [5.41, 5.74) is 0. The molecule has 0 aromatic carbocycles. The van der Waals surface area contributed by atoms with E-state index < -0.39 is 0 Å². The molecule has 0 aliphatic rings. The highest BCUT2D eigenvalue weighted by Gasteiger charge is 2.05. The fraction of sp³-hybridized carbons (Fsp3) is 0.571. The van der Waals surface area contributed by atoms with Crippen LogP contribution in [0.15, 0.2) is 12.3 Å². The Bertz CT molecular complexity index is 130. The molecule has 0 saturated heterocycles. The van der Waals surface area contributed by atoms with Crippen LogP contribution in [0.1, 0.15) is 20.3 Å². The Labute approximate surface area is 66.7 Å². The fourth-order valence-electron chi connectivity index (χ4n) is 0.310. The van der Waals surface area contributed by atoms with Crippen LogP contribution in [-0.2, 0) is 9.53 Å². The first-order chi connectivity index (χ1) is 4.68. The number of carbonyl (C=O) groups excluding carboxylic acids is 1. The molecule has 0 saturated carbocycles. The summed E-state index contributed by atoms with van der Waals surface area (Å²) in [6, 6.07) is 0. The summed E-state index contributed by atoms with van der Waals surface area (Å²) in [6.45, 7) is 3.64. The van der Waals surface area contributed by atoms with Crippen molar-refractivity contribution in [3.05, 3.63) is 12.3 Å². The molecule has 1 atom stereocenters. The molecule has 3 heteroatoms. The molecule has 0 heterocycles. The zero-order chi connectivity index (χ0) is 7.98. The summed E-state index contributed by atoms with van der Waals surface area (Å²) in [7, 11) is 0. The van der Waals surface area contributed by atoms with Crippen molar-refractivity contribution in [3.63, 3.8) is 0 Å². The van der Waals surface area contributed by atoms with Gasteiger partial charge in [0, 0.05) is 0 Å². The first-order valence-electron chi connectivity index (χ1n) is 3.22. The third-order valence-corrected chi connectivity index (χ3v) is 1.07. The molecule has 0 aromatic rings. The number of carbonyl (C=O) groups is 1. The van der Waals surface area contributed by atoms with Gasteiger partial charge in [0.2, 0.25) is 0 Å². The van der Waals surface area contributed by atoms with Crippen LogP contribution in [0.25, 0.3) is 0 Å². The lowest BCUT2D eigenvalue weighted by molar-refractivity contribution is -0.137. The Morgan fingerprint density at radius 2 is 2.40 bits per heavy atom. The molecule has 0 spiro atoms. The SMILES string of the molecule is CCC=COC(=O)C(C)S. The van der Waals surface area contributed by atoms with Gasteiger partial charge in [0.05, 0.1) is 11.5 Å². The number of thiol groups is 1.